The molecule has 21 heavy (non-hydrogen) atoms. The molecule has 0 saturated heterocycles. The molecule has 0 heterocycles. The average molecular weight is 298 g/mol. The Kier molecular flexibility index (Phi) is 7.83. The Morgan fingerprint density at radius 2 is 1.90 bits per heavy atom. The maximum atomic E-state index is 14.1. The van der Waals surface area contributed by atoms with Gasteiger partial charge in [0.1, 0.15) is 0 Å². The first-order chi connectivity index (χ1) is 10.0. The van der Waals surface area contributed by atoms with Crippen LogP contribution >= 0.6 is 0 Å². The van der Waals surface area contributed by atoms with Crippen molar-refractivity contribution < 1.29 is 8.78 Å². The highest BCUT2D eigenvalue weighted by molar-refractivity contribution is 5.23. The van der Waals surface area contributed by atoms with Crippen LogP contribution in [0.5, 0.6) is 0 Å². The summed E-state index contributed by atoms with van der Waals surface area (Å²) in [6.45, 7) is 10.9. The van der Waals surface area contributed by atoms with Crippen LogP contribution in [0.3, 0.4) is 0 Å². The maximum Gasteiger partial charge on any atom is 0.163 e. The Labute approximate surface area is 127 Å². The molecule has 0 aliphatic carbocycles. The Bertz CT molecular complexity index is 423. The fraction of sp³-hybridized carbons (Fsp3) is 0.647. The van der Waals surface area contributed by atoms with E-state index >= 15 is 0 Å². The van der Waals surface area contributed by atoms with Crippen LogP contribution in [-0.4, -0.2) is 30.6 Å². The monoisotopic (exact) mass is 298 g/mol. The van der Waals surface area contributed by atoms with Crippen LogP contribution in [0.15, 0.2) is 18.2 Å². The number of likely N-dealkylation sites (N-methyl/N-ethyl adjacent to an activating group) is 1. The number of rotatable bonds is 9. The molecule has 2 atom stereocenters. The number of nitrogens with one attached hydrogen (secondary N) is 1. The molecule has 0 amide bonds. The second-order valence-electron chi connectivity index (χ2n) is 5.49. The van der Waals surface area contributed by atoms with E-state index in [1.807, 2.05) is 0 Å². The Hall–Kier alpha value is -1.00. The molecule has 4 heteroatoms. The molecule has 0 aliphatic heterocycles. The molecule has 1 N–H and O–H groups in total. The predicted molar refractivity (Wildman–Crippen MR) is 84.4 cm³/mol. The van der Waals surface area contributed by atoms with Gasteiger partial charge in [-0.15, -0.1) is 0 Å². The van der Waals surface area contributed by atoms with E-state index in [0.29, 0.717) is 18.2 Å². The van der Waals surface area contributed by atoms with Gasteiger partial charge in [0, 0.05) is 24.2 Å². The molecule has 0 fully saturated rings. The first kappa shape index (κ1) is 18.1. The van der Waals surface area contributed by atoms with E-state index in [0.717, 1.165) is 25.9 Å². The second-order valence-corrected chi connectivity index (χ2v) is 5.49. The molecule has 2 nitrogen and oxygen atoms in total. The zero-order valence-electron chi connectivity index (χ0n) is 13.6. The summed E-state index contributed by atoms with van der Waals surface area (Å²) in [4.78, 5) is 2.30. The fourth-order valence-electron chi connectivity index (χ4n) is 2.49. The molecule has 1 aromatic carbocycles. The minimum absolute atomic E-state index is 0.186. The van der Waals surface area contributed by atoms with Crippen LogP contribution in [0.4, 0.5) is 8.78 Å². The van der Waals surface area contributed by atoms with Crippen LogP contribution in [0.1, 0.15) is 52.1 Å². The summed E-state index contributed by atoms with van der Waals surface area (Å²) >= 11 is 0. The zero-order valence-corrected chi connectivity index (χ0v) is 13.6. The van der Waals surface area contributed by atoms with Crippen molar-refractivity contribution in [2.75, 3.05) is 19.6 Å². The van der Waals surface area contributed by atoms with Crippen molar-refractivity contribution >= 4 is 0 Å². The van der Waals surface area contributed by atoms with Crippen molar-refractivity contribution in [1.82, 2.24) is 10.2 Å². The van der Waals surface area contributed by atoms with Crippen molar-refractivity contribution in [2.24, 2.45) is 0 Å². The topological polar surface area (TPSA) is 15.3 Å². The van der Waals surface area contributed by atoms with Crippen LogP contribution in [0.2, 0.25) is 0 Å². The minimum atomic E-state index is -0.776. The van der Waals surface area contributed by atoms with Gasteiger partial charge in [0.15, 0.2) is 11.6 Å². The molecule has 1 aromatic rings. The van der Waals surface area contributed by atoms with E-state index in [9.17, 15) is 8.78 Å². The van der Waals surface area contributed by atoms with Crippen molar-refractivity contribution in [3.63, 3.8) is 0 Å². The highest BCUT2D eigenvalue weighted by Gasteiger charge is 2.21. The third-order valence-electron chi connectivity index (χ3n) is 4.04. The standard InChI is InChI=1S/C17H28F2N2/c1-5-11-20-16(12-21(7-3)13(4)6-2)14-9-8-10-15(18)17(14)19/h8-10,13,16,20H,5-7,11-12H2,1-4H3. The van der Waals surface area contributed by atoms with Crippen molar-refractivity contribution in [3.8, 4) is 0 Å². The normalized spacial score (nSPS) is 14.4. The molecule has 0 aliphatic rings. The first-order valence-electron chi connectivity index (χ1n) is 7.96. The van der Waals surface area contributed by atoms with Crippen molar-refractivity contribution in [3.05, 3.63) is 35.4 Å². The van der Waals surface area contributed by atoms with Gasteiger partial charge in [0.2, 0.25) is 0 Å². The van der Waals surface area contributed by atoms with Gasteiger partial charge >= 0.3 is 0 Å². The maximum absolute atomic E-state index is 14.1. The smallest absolute Gasteiger partial charge is 0.163 e. The lowest BCUT2D eigenvalue weighted by atomic mass is 10.0. The predicted octanol–water partition coefficient (Wildman–Crippen LogP) is 4.13. The lowest BCUT2D eigenvalue weighted by Crippen LogP contribution is -2.40. The highest BCUT2D eigenvalue weighted by Crippen LogP contribution is 2.21. The SMILES string of the molecule is CCCNC(CN(CC)C(C)CC)c1cccc(F)c1F. The van der Waals surface area contributed by atoms with Gasteiger partial charge in [-0.25, -0.2) is 8.78 Å². The lowest BCUT2D eigenvalue weighted by Gasteiger charge is -2.32. The number of hydrogen-bond acceptors (Lipinski definition) is 2. The molecular formula is C17H28F2N2. The largest absolute Gasteiger partial charge is 0.309 e. The molecular weight excluding hydrogens is 270 g/mol. The van der Waals surface area contributed by atoms with Crippen LogP contribution in [-0.2, 0) is 0 Å². The summed E-state index contributed by atoms with van der Waals surface area (Å²) in [5, 5.41) is 3.35. The Morgan fingerprint density at radius 3 is 2.48 bits per heavy atom. The molecule has 0 radical (unpaired) electrons. The second kappa shape index (κ2) is 9.11. The summed E-state index contributed by atoms with van der Waals surface area (Å²) in [6.07, 6.45) is 2.00. The molecule has 1 rings (SSSR count). The molecule has 0 saturated carbocycles. The Morgan fingerprint density at radius 1 is 1.19 bits per heavy atom. The highest BCUT2D eigenvalue weighted by atomic mass is 19.2. The summed E-state index contributed by atoms with van der Waals surface area (Å²) in [6, 6.07) is 4.67. The van der Waals surface area contributed by atoms with E-state index < -0.39 is 11.6 Å². The molecule has 2 unspecified atom stereocenters. The quantitative estimate of drug-likeness (QED) is 0.737. The van der Waals surface area contributed by atoms with Gasteiger partial charge in [-0.3, -0.25) is 4.90 Å². The van der Waals surface area contributed by atoms with Crippen molar-refractivity contribution in [1.29, 1.82) is 0 Å². The van der Waals surface area contributed by atoms with Crippen molar-refractivity contribution in [2.45, 2.75) is 52.6 Å². The van der Waals surface area contributed by atoms with Gasteiger partial charge in [-0.1, -0.05) is 32.9 Å². The number of benzene rings is 1. The summed E-state index contributed by atoms with van der Waals surface area (Å²) < 4.78 is 27.6. The molecule has 0 bridgehead atoms. The molecule has 120 valence electrons. The minimum Gasteiger partial charge on any atom is -0.309 e. The zero-order chi connectivity index (χ0) is 15.8. The van der Waals surface area contributed by atoms with E-state index in [-0.39, 0.29) is 6.04 Å². The summed E-state index contributed by atoms with van der Waals surface area (Å²) in [5.41, 5.74) is 0.421. The molecule has 0 aromatic heterocycles. The van der Waals surface area contributed by atoms with Gasteiger partial charge in [0.05, 0.1) is 0 Å². The number of nitrogens with zero attached hydrogens (tertiary/aromatic N) is 1. The summed E-state index contributed by atoms with van der Waals surface area (Å²) in [7, 11) is 0. The Balaban J connectivity index is 2.96. The van der Waals surface area contributed by atoms with Gasteiger partial charge in [0.25, 0.3) is 0 Å². The van der Waals surface area contributed by atoms with E-state index in [4.69, 9.17) is 0 Å². The van der Waals surface area contributed by atoms with Crippen LogP contribution in [0, 0.1) is 11.6 Å². The van der Waals surface area contributed by atoms with E-state index in [1.165, 1.54) is 6.07 Å². The average Bonchev–Trinajstić information content (AvgIpc) is 2.50. The third kappa shape index (κ3) is 5.04. The summed E-state index contributed by atoms with van der Waals surface area (Å²) in [5.74, 6) is -1.51. The lowest BCUT2D eigenvalue weighted by molar-refractivity contribution is 0.190. The number of halogens is 2. The van der Waals surface area contributed by atoms with Gasteiger partial charge in [-0.05, 0) is 38.9 Å². The molecule has 0 spiro atoms. The van der Waals surface area contributed by atoms with Crippen LogP contribution < -0.4 is 5.32 Å². The first-order valence-corrected chi connectivity index (χ1v) is 7.96. The van der Waals surface area contributed by atoms with E-state index in [2.05, 4.69) is 37.9 Å². The fourth-order valence-corrected chi connectivity index (χ4v) is 2.49. The van der Waals surface area contributed by atoms with Gasteiger partial charge in [-0.2, -0.15) is 0 Å². The van der Waals surface area contributed by atoms with Crippen LogP contribution in [0.25, 0.3) is 0 Å². The van der Waals surface area contributed by atoms with E-state index in [1.54, 1.807) is 12.1 Å². The number of hydrogen-bond donors (Lipinski definition) is 1. The van der Waals surface area contributed by atoms with Gasteiger partial charge < -0.3 is 5.32 Å². The third-order valence-corrected chi connectivity index (χ3v) is 4.04.